The van der Waals surface area contributed by atoms with Crippen LogP contribution in [0.25, 0.3) is 0 Å². The second kappa shape index (κ2) is 3.25. The van der Waals surface area contributed by atoms with Crippen LogP contribution >= 0.6 is 0 Å². The summed E-state index contributed by atoms with van der Waals surface area (Å²) >= 11 is 0. The summed E-state index contributed by atoms with van der Waals surface area (Å²) < 4.78 is 0. The largest absolute Gasteiger partial charge is 0.388 e. The Kier molecular flexibility index (Phi) is 2.20. The third-order valence-corrected chi connectivity index (χ3v) is 5.25. The summed E-state index contributed by atoms with van der Waals surface area (Å²) in [6, 6.07) is 0. The van der Waals surface area contributed by atoms with E-state index in [1.807, 2.05) is 0 Å². The van der Waals surface area contributed by atoms with E-state index in [0.717, 1.165) is 38.5 Å². The standard InChI is InChI=1S/C14H23NO2/c1-12(2)3-5-13(17,6-4-12)9-15-11(16)14-7-10(14)8-14/h10,17H,3-9H2,1-2H3,(H,15,16). The van der Waals surface area contributed by atoms with E-state index < -0.39 is 5.60 Å². The lowest BCUT2D eigenvalue weighted by molar-refractivity contribution is -0.126. The number of nitrogens with one attached hydrogen (secondary N) is 1. The van der Waals surface area contributed by atoms with Crippen molar-refractivity contribution in [3.63, 3.8) is 0 Å². The topological polar surface area (TPSA) is 49.3 Å². The van der Waals surface area contributed by atoms with Crippen LogP contribution in [0.4, 0.5) is 0 Å². The highest BCUT2D eigenvalue weighted by Gasteiger charge is 2.74. The molecule has 0 bridgehead atoms. The lowest BCUT2D eigenvalue weighted by Gasteiger charge is -2.40. The predicted octanol–water partition coefficient (Wildman–Crippen LogP) is 1.84. The van der Waals surface area contributed by atoms with Gasteiger partial charge in [-0.15, -0.1) is 0 Å². The first-order valence-electron chi connectivity index (χ1n) is 6.86. The first-order valence-corrected chi connectivity index (χ1v) is 6.86. The van der Waals surface area contributed by atoms with Gasteiger partial charge in [-0.3, -0.25) is 4.79 Å². The molecular weight excluding hydrogens is 214 g/mol. The Morgan fingerprint density at radius 1 is 1.24 bits per heavy atom. The molecule has 0 atom stereocenters. The maximum absolute atomic E-state index is 11.9. The molecule has 0 radical (unpaired) electrons. The zero-order valence-corrected chi connectivity index (χ0v) is 10.9. The molecule has 1 amide bonds. The van der Waals surface area contributed by atoms with Crippen LogP contribution in [-0.4, -0.2) is 23.2 Å². The Hall–Kier alpha value is -0.570. The molecule has 3 fully saturated rings. The minimum atomic E-state index is -0.652. The first-order chi connectivity index (χ1) is 7.85. The second-order valence-corrected chi connectivity index (χ2v) is 7.33. The molecule has 0 aromatic rings. The van der Waals surface area contributed by atoms with Crippen molar-refractivity contribution >= 4 is 5.91 Å². The van der Waals surface area contributed by atoms with Gasteiger partial charge in [0.25, 0.3) is 0 Å². The average molecular weight is 237 g/mol. The number of carbonyl (C=O) groups is 1. The molecule has 3 aliphatic rings. The van der Waals surface area contributed by atoms with Crippen molar-refractivity contribution in [2.24, 2.45) is 16.7 Å². The van der Waals surface area contributed by atoms with E-state index in [4.69, 9.17) is 0 Å². The number of rotatable bonds is 3. The molecule has 0 aromatic carbocycles. The Labute approximate surface area is 103 Å². The van der Waals surface area contributed by atoms with Gasteiger partial charge in [0, 0.05) is 6.54 Å². The Morgan fingerprint density at radius 2 is 1.76 bits per heavy atom. The number of amides is 1. The lowest BCUT2D eigenvalue weighted by Crippen LogP contribution is -2.47. The van der Waals surface area contributed by atoms with Crippen molar-refractivity contribution in [3.8, 4) is 0 Å². The number of carbonyl (C=O) groups excluding carboxylic acids is 1. The van der Waals surface area contributed by atoms with Gasteiger partial charge in [-0.25, -0.2) is 0 Å². The SMILES string of the molecule is CC1(C)CCC(O)(CNC(=O)C23CC2C3)CC1. The number of fused-ring (bicyclic) bond motifs is 1. The van der Waals surface area contributed by atoms with Crippen molar-refractivity contribution in [2.75, 3.05) is 6.54 Å². The molecule has 3 rings (SSSR count). The number of aliphatic hydroxyl groups is 1. The van der Waals surface area contributed by atoms with Crippen molar-refractivity contribution in [3.05, 3.63) is 0 Å². The fourth-order valence-electron chi connectivity index (χ4n) is 3.06. The van der Waals surface area contributed by atoms with Crippen molar-refractivity contribution in [1.29, 1.82) is 0 Å². The van der Waals surface area contributed by atoms with Gasteiger partial charge in [-0.05, 0) is 49.9 Å². The predicted molar refractivity (Wildman–Crippen MR) is 65.4 cm³/mol. The van der Waals surface area contributed by atoms with Gasteiger partial charge < -0.3 is 10.4 Å². The number of hydrogen-bond acceptors (Lipinski definition) is 2. The summed E-state index contributed by atoms with van der Waals surface area (Å²) in [5.74, 6) is 0.878. The molecule has 3 nitrogen and oxygen atoms in total. The van der Waals surface area contributed by atoms with Gasteiger partial charge in [0.1, 0.15) is 0 Å². The second-order valence-electron chi connectivity index (χ2n) is 7.33. The highest BCUT2D eigenvalue weighted by Crippen LogP contribution is 2.75. The minimum absolute atomic E-state index is 0.0320. The van der Waals surface area contributed by atoms with Crippen molar-refractivity contribution in [1.82, 2.24) is 5.32 Å². The smallest absolute Gasteiger partial charge is 0.226 e. The van der Waals surface area contributed by atoms with Crippen LogP contribution in [0.3, 0.4) is 0 Å². The molecular formula is C14H23NO2. The van der Waals surface area contributed by atoms with Crippen LogP contribution in [0.1, 0.15) is 52.4 Å². The lowest BCUT2D eigenvalue weighted by atomic mass is 9.71. The van der Waals surface area contributed by atoms with E-state index in [1.165, 1.54) is 0 Å². The van der Waals surface area contributed by atoms with Crippen LogP contribution in [0, 0.1) is 16.7 Å². The van der Waals surface area contributed by atoms with Gasteiger partial charge in [0.15, 0.2) is 0 Å². The van der Waals surface area contributed by atoms with E-state index in [2.05, 4.69) is 19.2 Å². The molecule has 3 saturated carbocycles. The van der Waals surface area contributed by atoms with Gasteiger partial charge in [-0.1, -0.05) is 13.8 Å². The summed E-state index contributed by atoms with van der Waals surface area (Å²) in [4.78, 5) is 11.9. The van der Waals surface area contributed by atoms with Crippen LogP contribution < -0.4 is 5.32 Å². The van der Waals surface area contributed by atoms with Crippen LogP contribution in [0.15, 0.2) is 0 Å². The Bertz CT molecular complexity index is 345. The maximum atomic E-state index is 11.9. The monoisotopic (exact) mass is 237 g/mol. The van der Waals surface area contributed by atoms with Crippen molar-refractivity contribution in [2.45, 2.75) is 58.0 Å². The summed E-state index contributed by atoms with van der Waals surface area (Å²) in [5.41, 5.74) is -0.265. The zero-order chi connectivity index (χ0) is 12.3. The first kappa shape index (κ1) is 11.5. The third-order valence-electron chi connectivity index (χ3n) is 5.25. The highest BCUT2D eigenvalue weighted by molar-refractivity contribution is 5.90. The van der Waals surface area contributed by atoms with E-state index >= 15 is 0 Å². The van der Waals surface area contributed by atoms with Gasteiger partial charge in [0.2, 0.25) is 5.91 Å². The third kappa shape index (κ3) is 1.99. The van der Waals surface area contributed by atoms with E-state index in [0.29, 0.717) is 17.9 Å². The van der Waals surface area contributed by atoms with Gasteiger partial charge >= 0.3 is 0 Å². The molecule has 96 valence electrons. The molecule has 0 aromatic heterocycles. The Balaban J connectivity index is 1.49. The molecule has 2 N–H and O–H groups in total. The fourth-order valence-corrected chi connectivity index (χ4v) is 3.06. The molecule has 0 aliphatic heterocycles. The molecule has 0 saturated heterocycles. The highest BCUT2D eigenvalue weighted by atomic mass is 16.3. The average Bonchev–Trinajstić information content (AvgIpc) is 3.08. The Morgan fingerprint density at radius 3 is 2.24 bits per heavy atom. The quantitative estimate of drug-likeness (QED) is 0.787. The van der Waals surface area contributed by atoms with Gasteiger partial charge in [-0.2, -0.15) is 0 Å². The van der Waals surface area contributed by atoms with E-state index in [1.54, 1.807) is 0 Å². The van der Waals surface area contributed by atoms with Crippen molar-refractivity contribution < 1.29 is 9.90 Å². The maximum Gasteiger partial charge on any atom is 0.226 e. The molecule has 17 heavy (non-hydrogen) atoms. The summed E-state index contributed by atoms with van der Waals surface area (Å²) in [7, 11) is 0. The van der Waals surface area contributed by atoms with E-state index in [9.17, 15) is 9.90 Å². The summed E-state index contributed by atoms with van der Waals surface area (Å²) in [5, 5.41) is 13.4. The fraction of sp³-hybridized carbons (Fsp3) is 0.929. The van der Waals surface area contributed by atoms with E-state index in [-0.39, 0.29) is 11.3 Å². The van der Waals surface area contributed by atoms with Crippen LogP contribution in [-0.2, 0) is 4.79 Å². The molecule has 0 unspecified atom stereocenters. The van der Waals surface area contributed by atoms with Crippen LogP contribution in [0.2, 0.25) is 0 Å². The van der Waals surface area contributed by atoms with Crippen LogP contribution in [0.5, 0.6) is 0 Å². The molecule has 0 heterocycles. The number of hydrogen-bond donors (Lipinski definition) is 2. The molecule has 3 heteroatoms. The summed E-state index contributed by atoms with van der Waals surface area (Å²) in [6.45, 7) is 4.96. The minimum Gasteiger partial charge on any atom is -0.388 e. The van der Waals surface area contributed by atoms with Gasteiger partial charge in [0.05, 0.1) is 11.0 Å². The molecule has 0 spiro atoms. The summed E-state index contributed by atoms with van der Waals surface area (Å²) in [6.07, 6.45) is 5.91. The normalized spacial score (nSPS) is 40.3. The molecule has 3 aliphatic carbocycles. The zero-order valence-electron chi connectivity index (χ0n) is 10.9.